The summed E-state index contributed by atoms with van der Waals surface area (Å²) in [5.41, 5.74) is -0.172. The maximum Gasteiger partial charge on any atom is 0.152 e. The molecule has 2 rings (SSSR count). The molecule has 2 fully saturated rings. The van der Waals surface area contributed by atoms with Gasteiger partial charge in [0.05, 0.1) is 5.54 Å². The number of rotatable bonds is 1. The maximum atomic E-state index is 11.8. The van der Waals surface area contributed by atoms with Gasteiger partial charge in [-0.2, -0.15) is 0 Å². The Morgan fingerprint density at radius 2 is 1.93 bits per heavy atom. The van der Waals surface area contributed by atoms with Gasteiger partial charge in [-0.3, -0.25) is 4.79 Å². The summed E-state index contributed by atoms with van der Waals surface area (Å²) in [4.78, 5) is 11.8. The number of hydrogen-bond acceptors (Lipinski definition) is 2. The summed E-state index contributed by atoms with van der Waals surface area (Å²) in [5.74, 6) is 1.06. The molecule has 0 aromatic carbocycles. The molecule has 1 saturated carbocycles. The van der Waals surface area contributed by atoms with E-state index in [-0.39, 0.29) is 17.9 Å². The Morgan fingerprint density at radius 1 is 1.29 bits per heavy atom. The minimum Gasteiger partial charge on any atom is -0.305 e. The number of Topliss-reactive ketones (excluding diaryl/α,β-unsaturated/α-hetero) is 1. The summed E-state index contributed by atoms with van der Waals surface area (Å²) in [6.07, 6.45) is 6.94. The van der Waals surface area contributed by atoms with E-state index in [1.54, 1.807) is 0 Å². The van der Waals surface area contributed by atoms with Crippen LogP contribution in [0, 0.1) is 5.92 Å². The maximum absolute atomic E-state index is 11.8. The Morgan fingerprint density at radius 3 is 2.50 bits per heavy atom. The van der Waals surface area contributed by atoms with Crippen LogP contribution in [0.25, 0.3) is 0 Å². The molecule has 0 aromatic rings. The molecule has 1 atom stereocenters. The molecule has 1 saturated heterocycles. The van der Waals surface area contributed by atoms with Crippen molar-refractivity contribution in [1.29, 1.82) is 0 Å². The van der Waals surface area contributed by atoms with Gasteiger partial charge in [0.25, 0.3) is 0 Å². The Labute approximate surface area is 92.2 Å². The molecule has 0 spiro atoms. The second-order valence-electron chi connectivity index (χ2n) is 4.64. The van der Waals surface area contributed by atoms with Crippen molar-refractivity contribution in [2.75, 3.05) is 6.54 Å². The van der Waals surface area contributed by atoms with Gasteiger partial charge < -0.3 is 5.32 Å². The highest BCUT2D eigenvalue weighted by atomic mass is 35.5. The van der Waals surface area contributed by atoms with Crippen LogP contribution in [0.3, 0.4) is 0 Å². The van der Waals surface area contributed by atoms with Gasteiger partial charge in [0.1, 0.15) is 0 Å². The highest BCUT2D eigenvalue weighted by Crippen LogP contribution is 2.36. The molecule has 1 aliphatic carbocycles. The average Bonchev–Trinajstić information content (AvgIpc) is 2.63. The molecular formula is C11H20ClNO. The first-order valence-electron chi connectivity index (χ1n) is 5.52. The Bertz CT molecular complexity index is 213. The van der Waals surface area contributed by atoms with Gasteiger partial charge in [-0.15, -0.1) is 12.4 Å². The SMILES string of the molecule is CC1(C2CCCC2)NCCCC1=O.Cl. The fourth-order valence-electron chi connectivity index (χ4n) is 2.83. The fraction of sp³-hybridized carbons (Fsp3) is 0.909. The van der Waals surface area contributed by atoms with E-state index < -0.39 is 0 Å². The van der Waals surface area contributed by atoms with Gasteiger partial charge in [-0.05, 0) is 38.6 Å². The van der Waals surface area contributed by atoms with E-state index in [1.165, 1.54) is 25.7 Å². The van der Waals surface area contributed by atoms with E-state index in [0.717, 1.165) is 19.4 Å². The summed E-state index contributed by atoms with van der Waals surface area (Å²) in [5, 5.41) is 3.44. The van der Waals surface area contributed by atoms with E-state index in [1.807, 2.05) is 0 Å². The first-order chi connectivity index (χ1) is 6.23. The minimum atomic E-state index is -0.172. The van der Waals surface area contributed by atoms with Crippen LogP contribution in [0.2, 0.25) is 0 Å². The predicted molar refractivity (Wildman–Crippen MR) is 59.9 cm³/mol. The smallest absolute Gasteiger partial charge is 0.152 e. The molecule has 2 aliphatic rings. The van der Waals surface area contributed by atoms with Crippen LogP contribution in [0.5, 0.6) is 0 Å². The predicted octanol–water partition coefficient (Wildman–Crippen LogP) is 2.31. The number of hydrogen-bond donors (Lipinski definition) is 1. The second-order valence-corrected chi connectivity index (χ2v) is 4.64. The van der Waals surface area contributed by atoms with Crippen molar-refractivity contribution in [2.45, 2.75) is 51.0 Å². The fourth-order valence-corrected chi connectivity index (χ4v) is 2.83. The zero-order chi connectivity index (χ0) is 9.31. The number of nitrogens with one attached hydrogen (secondary N) is 1. The van der Waals surface area contributed by atoms with Crippen LogP contribution in [0.4, 0.5) is 0 Å². The summed E-state index contributed by atoms with van der Waals surface area (Å²) in [7, 11) is 0. The van der Waals surface area contributed by atoms with E-state index >= 15 is 0 Å². The zero-order valence-corrected chi connectivity index (χ0v) is 9.66. The summed E-state index contributed by atoms with van der Waals surface area (Å²) in [6.45, 7) is 3.14. The second kappa shape index (κ2) is 4.63. The third-order valence-electron chi connectivity index (χ3n) is 3.82. The molecule has 0 radical (unpaired) electrons. The quantitative estimate of drug-likeness (QED) is 0.731. The lowest BCUT2D eigenvalue weighted by Crippen LogP contribution is -2.57. The lowest BCUT2D eigenvalue weighted by atomic mass is 9.77. The van der Waals surface area contributed by atoms with E-state index in [9.17, 15) is 4.79 Å². The van der Waals surface area contributed by atoms with Crippen molar-refractivity contribution in [3.05, 3.63) is 0 Å². The monoisotopic (exact) mass is 217 g/mol. The van der Waals surface area contributed by atoms with E-state index in [2.05, 4.69) is 12.2 Å². The highest BCUT2D eigenvalue weighted by Gasteiger charge is 2.42. The third-order valence-corrected chi connectivity index (χ3v) is 3.82. The molecule has 14 heavy (non-hydrogen) atoms. The third kappa shape index (κ3) is 1.96. The number of piperidine rings is 1. The molecule has 3 heteroatoms. The Balaban J connectivity index is 0.000000980. The summed E-state index contributed by atoms with van der Waals surface area (Å²) in [6, 6.07) is 0. The van der Waals surface area contributed by atoms with Crippen LogP contribution in [0.15, 0.2) is 0 Å². The topological polar surface area (TPSA) is 29.1 Å². The van der Waals surface area contributed by atoms with Crippen molar-refractivity contribution < 1.29 is 4.79 Å². The number of ketones is 1. The molecule has 1 heterocycles. The zero-order valence-electron chi connectivity index (χ0n) is 8.84. The molecule has 82 valence electrons. The van der Waals surface area contributed by atoms with Gasteiger partial charge >= 0.3 is 0 Å². The van der Waals surface area contributed by atoms with E-state index in [0.29, 0.717) is 11.7 Å². The lowest BCUT2D eigenvalue weighted by Gasteiger charge is -2.38. The van der Waals surface area contributed by atoms with Crippen molar-refractivity contribution in [1.82, 2.24) is 5.32 Å². The van der Waals surface area contributed by atoms with Gasteiger partial charge in [0.2, 0.25) is 0 Å². The van der Waals surface area contributed by atoms with Gasteiger partial charge in [0, 0.05) is 6.42 Å². The normalized spacial score (nSPS) is 34.2. The van der Waals surface area contributed by atoms with Crippen molar-refractivity contribution in [3.63, 3.8) is 0 Å². The molecule has 0 aromatic heterocycles. The molecule has 1 N–H and O–H groups in total. The highest BCUT2D eigenvalue weighted by molar-refractivity contribution is 5.89. The molecule has 1 unspecified atom stereocenters. The van der Waals surface area contributed by atoms with Crippen LogP contribution in [-0.2, 0) is 4.79 Å². The minimum absolute atomic E-state index is 0. The lowest BCUT2D eigenvalue weighted by molar-refractivity contribution is -0.128. The van der Waals surface area contributed by atoms with Crippen molar-refractivity contribution in [3.8, 4) is 0 Å². The summed E-state index contributed by atoms with van der Waals surface area (Å²) < 4.78 is 0. The average molecular weight is 218 g/mol. The molecule has 0 amide bonds. The Hall–Kier alpha value is -0.0800. The van der Waals surface area contributed by atoms with Crippen LogP contribution >= 0.6 is 12.4 Å². The standard InChI is InChI=1S/C11H19NO.ClH/c1-11(9-5-2-3-6-9)10(13)7-4-8-12-11;/h9,12H,2-8H2,1H3;1H. The summed E-state index contributed by atoms with van der Waals surface area (Å²) >= 11 is 0. The van der Waals surface area contributed by atoms with Crippen LogP contribution in [0.1, 0.15) is 45.4 Å². The largest absolute Gasteiger partial charge is 0.305 e. The van der Waals surface area contributed by atoms with Crippen molar-refractivity contribution >= 4 is 18.2 Å². The Kier molecular flexibility index (Phi) is 3.96. The number of carbonyl (C=O) groups excluding carboxylic acids is 1. The van der Waals surface area contributed by atoms with Crippen LogP contribution in [-0.4, -0.2) is 17.9 Å². The van der Waals surface area contributed by atoms with Crippen molar-refractivity contribution in [2.24, 2.45) is 5.92 Å². The molecule has 0 bridgehead atoms. The van der Waals surface area contributed by atoms with Gasteiger partial charge in [0.15, 0.2) is 5.78 Å². The van der Waals surface area contributed by atoms with E-state index in [4.69, 9.17) is 0 Å². The molecule has 2 nitrogen and oxygen atoms in total. The van der Waals surface area contributed by atoms with Gasteiger partial charge in [-0.25, -0.2) is 0 Å². The van der Waals surface area contributed by atoms with Crippen LogP contribution < -0.4 is 5.32 Å². The number of carbonyl (C=O) groups is 1. The number of halogens is 1. The molecule has 1 aliphatic heterocycles. The first-order valence-corrected chi connectivity index (χ1v) is 5.52. The van der Waals surface area contributed by atoms with Gasteiger partial charge in [-0.1, -0.05) is 12.8 Å². The first kappa shape index (κ1) is 12.0. The molecular weight excluding hydrogens is 198 g/mol.